The second-order valence-corrected chi connectivity index (χ2v) is 4.09. The Balaban J connectivity index is 2.37. The molecule has 0 atom stereocenters. The van der Waals surface area contributed by atoms with Crippen molar-refractivity contribution < 1.29 is 9.53 Å². The van der Waals surface area contributed by atoms with E-state index in [1.54, 1.807) is 35.3 Å². The molecule has 2 rings (SSSR count). The van der Waals surface area contributed by atoms with Crippen molar-refractivity contribution in [2.45, 2.75) is 6.54 Å². The lowest BCUT2D eigenvalue weighted by molar-refractivity contribution is -0.134. The highest BCUT2D eigenvalue weighted by Gasteiger charge is 2.07. The quantitative estimate of drug-likeness (QED) is 0.627. The summed E-state index contributed by atoms with van der Waals surface area (Å²) in [6, 6.07) is 11.0. The minimum atomic E-state index is -0.436. The number of esters is 1. The van der Waals surface area contributed by atoms with Gasteiger partial charge in [-0.2, -0.15) is 10.4 Å². The Labute approximate surface area is 116 Å². The molecule has 5 heteroatoms. The average molecular weight is 267 g/mol. The number of aromatic nitrogens is 2. The molecule has 0 saturated heterocycles. The molecular weight excluding hydrogens is 254 g/mol. The predicted molar refractivity (Wildman–Crippen MR) is 73.4 cm³/mol. The molecule has 0 aliphatic rings. The number of nitriles is 1. The number of methoxy groups -OCH3 is 1. The summed E-state index contributed by atoms with van der Waals surface area (Å²) in [4.78, 5) is 11.5. The van der Waals surface area contributed by atoms with Crippen LogP contribution in [-0.2, 0) is 16.1 Å². The Bertz CT molecular complexity index is 667. The molecule has 0 radical (unpaired) electrons. The fourth-order valence-corrected chi connectivity index (χ4v) is 1.78. The summed E-state index contributed by atoms with van der Waals surface area (Å²) in [5, 5.41) is 13.1. The number of carbonyl (C=O) groups is 1. The number of benzene rings is 1. The summed E-state index contributed by atoms with van der Waals surface area (Å²) < 4.78 is 6.37. The lowest BCUT2D eigenvalue weighted by Gasteiger charge is -2.08. The second kappa shape index (κ2) is 6.34. The van der Waals surface area contributed by atoms with Crippen LogP contribution in [0.4, 0.5) is 0 Å². The standard InChI is InChI=1S/C15H13N3O2/c1-20-15(19)9-14(11-18-7-3-6-17-18)13-5-2-4-12(8-13)10-16/h2-9H,11H2,1H3. The SMILES string of the molecule is COC(=O)C=C(Cn1cccn1)c1cccc(C#N)c1. The smallest absolute Gasteiger partial charge is 0.330 e. The van der Waals surface area contributed by atoms with Crippen LogP contribution in [0.25, 0.3) is 5.57 Å². The summed E-state index contributed by atoms with van der Waals surface area (Å²) in [5.74, 6) is -0.436. The Morgan fingerprint density at radius 3 is 3.00 bits per heavy atom. The molecule has 2 aromatic rings. The van der Waals surface area contributed by atoms with Crippen LogP contribution < -0.4 is 0 Å². The maximum atomic E-state index is 11.5. The van der Waals surface area contributed by atoms with Crippen LogP contribution in [-0.4, -0.2) is 22.9 Å². The maximum absolute atomic E-state index is 11.5. The van der Waals surface area contributed by atoms with E-state index in [2.05, 4.69) is 15.9 Å². The summed E-state index contributed by atoms with van der Waals surface area (Å²) in [5.41, 5.74) is 2.07. The van der Waals surface area contributed by atoms with Gasteiger partial charge in [0, 0.05) is 18.5 Å². The number of nitrogens with zero attached hydrogens (tertiary/aromatic N) is 3. The molecule has 0 aliphatic heterocycles. The number of hydrogen-bond acceptors (Lipinski definition) is 4. The Hall–Kier alpha value is -2.87. The third kappa shape index (κ3) is 3.33. The molecule has 100 valence electrons. The first kappa shape index (κ1) is 13.6. The van der Waals surface area contributed by atoms with Crippen LogP contribution in [0, 0.1) is 11.3 Å². The van der Waals surface area contributed by atoms with Gasteiger partial charge in [0.1, 0.15) is 0 Å². The van der Waals surface area contributed by atoms with Crippen LogP contribution in [0.15, 0.2) is 48.8 Å². The fraction of sp³-hybridized carbons (Fsp3) is 0.133. The van der Waals surface area contributed by atoms with Crippen molar-refractivity contribution in [3.63, 3.8) is 0 Å². The van der Waals surface area contributed by atoms with E-state index < -0.39 is 5.97 Å². The predicted octanol–water partition coefficient (Wildman–Crippen LogP) is 2.01. The Morgan fingerprint density at radius 1 is 1.50 bits per heavy atom. The van der Waals surface area contributed by atoms with Crippen LogP contribution in [0.2, 0.25) is 0 Å². The van der Waals surface area contributed by atoms with E-state index in [-0.39, 0.29) is 0 Å². The van der Waals surface area contributed by atoms with Gasteiger partial charge in [-0.25, -0.2) is 4.79 Å². The van der Waals surface area contributed by atoms with Gasteiger partial charge < -0.3 is 4.74 Å². The average Bonchev–Trinajstić information content (AvgIpc) is 2.99. The number of ether oxygens (including phenoxy) is 1. The zero-order chi connectivity index (χ0) is 14.4. The van der Waals surface area contributed by atoms with Gasteiger partial charge in [0.2, 0.25) is 0 Å². The van der Waals surface area contributed by atoms with Gasteiger partial charge in [-0.05, 0) is 29.3 Å². The van der Waals surface area contributed by atoms with E-state index >= 15 is 0 Å². The summed E-state index contributed by atoms with van der Waals surface area (Å²) in [7, 11) is 1.33. The highest BCUT2D eigenvalue weighted by Crippen LogP contribution is 2.18. The molecule has 20 heavy (non-hydrogen) atoms. The van der Waals surface area contributed by atoms with Crippen molar-refractivity contribution in [1.82, 2.24) is 9.78 Å². The monoisotopic (exact) mass is 267 g/mol. The molecule has 1 aromatic heterocycles. The van der Waals surface area contributed by atoms with Crippen LogP contribution in [0.3, 0.4) is 0 Å². The van der Waals surface area contributed by atoms with Crippen molar-refractivity contribution in [3.8, 4) is 6.07 Å². The lowest BCUT2D eigenvalue weighted by Crippen LogP contribution is -2.05. The number of allylic oxidation sites excluding steroid dienone is 1. The van der Waals surface area contributed by atoms with E-state index in [0.717, 1.165) is 11.1 Å². The first-order valence-electron chi connectivity index (χ1n) is 5.99. The van der Waals surface area contributed by atoms with Gasteiger partial charge in [-0.3, -0.25) is 4.68 Å². The molecule has 0 N–H and O–H groups in total. The van der Waals surface area contributed by atoms with Gasteiger partial charge in [-0.15, -0.1) is 0 Å². The second-order valence-electron chi connectivity index (χ2n) is 4.09. The van der Waals surface area contributed by atoms with Gasteiger partial charge in [0.25, 0.3) is 0 Å². The zero-order valence-electron chi connectivity index (χ0n) is 11.0. The van der Waals surface area contributed by atoms with Crippen molar-refractivity contribution in [2.24, 2.45) is 0 Å². The highest BCUT2D eigenvalue weighted by atomic mass is 16.5. The van der Waals surface area contributed by atoms with Gasteiger partial charge >= 0.3 is 5.97 Å². The summed E-state index contributed by atoms with van der Waals surface area (Å²) in [6.07, 6.45) is 4.89. The fourth-order valence-electron chi connectivity index (χ4n) is 1.78. The molecule has 5 nitrogen and oxygen atoms in total. The van der Waals surface area contributed by atoms with Crippen molar-refractivity contribution >= 4 is 11.5 Å². The minimum Gasteiger partial charge on any atom is -0.466 e. The highest BCUT2D eigenvalue weighted by molar-refractivity contribution is 5.91. The van der Waals surface area contributed by atoms with E-state index in [9.17, 15) is 4.79 Å². The molecular formula is C15H13N3O2. The molecule has 0 fully saturated rings. The van der Waals surface area contributed by atoms with Gasteiger partial charge in [0.15, 0.2) is 0 Å². The van der Waals surface area contributed by atoms with E-state index in [1.807, 2.05) is 12.1 Å². The normalized spacial score (nSPS) is 10.9. The Kier molecular flexibility index (Phi) is 4.30. The van der Waals surface area contributed by atoms with Crippen LogP contribution >= 0.6 is 0 Å². The third-order valence-electron chi connectivity index (χ3n) is 2.75. The maximum Gasteiger partial charge on any atom is 0.330 e. The Morgan fingerprint density at radius 2 is 2.35 bits per heavy atom. The topological polar surface area (TPSA) is 67.9 Å². The van der Waals surface area contributed by atoms with Crippen molar-refractivity contribution in [1.29, 1.82) is 5.26 Å². The molecule has 1 aromatic carbocycles. The minimum absolute atomic E-state index is 0.428. The molecule has 0 aliphatic carbocycles. The first-order chi connectivity index (χ1) is 9.72. The zero-order valence-corrected chi connectivity index (χ0v) is 11.0. The first-order valence-corrected chi connectivity index (χ1v) is 5.99. The number of rotatable bonds is 4. The largest absolute Gasteiger partial charge is 0.466 e. The molecule has 0 saturated carbocycles. The lowest BCUT2D eigenvalue weighted by atomic mass is 10.0. The number of carbonyl (C=O) groups excluding carboxylic acids is 1. The van der Waals surface area contributed by atoms with E-state index in [1.165, 1.54) is 13.2 Å². The van der Waals surface area contributed by atoms with Crippen LogP contribution in [0.5, 0.6) is 0 Å². The molecule has 0 bridgehead atoms. The summed E-state index contributed by atoms with van der Waals surface area (Å²) in [6.45, 7) is 0.428. The van der Waals surface area contributed by atoms with Gasteiger partial charge in [-0.1, -0.05) is 12.1 Å². The van der Waals surface area contributed by atoms with E-state index in [0.29, 0.717) is 12.1 Å². The molecule has 0 spiro atoms. The molecule has 0 amide bonds. The van der Waals surface area contributed by atoms with Gasteiger partial charge in [0.05, 0.1) is 25.3 Å². The van der Waals surface area contributed by atoms with Crippen LogP contribution in [0.1, 0.15) is 11.1 Å². The van der Waals surface area contributed by atoms with E-state index in [4.69, 9.17) is 5.26 Å². The summed E-state index contributed by atoms with van der Waals surface area (Å²) >= 11 is 0. The third-order valence-corrected chi connectivity index (χ3v) is 2.75. The molecule has 1 heterocycles. The van der Waals surface area contributed by atoms with Crippen molar-refractivity contribution in [2.75, 3.05) is 7.11 Å². The van der Waals surface area contributed by atoms with Crippen molar-refractivity contribution in [3.05, 3.63) is 59.9 Å². The number of hydrogen-bond donors (Lipinski definition) is 0. The molecule has 0 unspecified atom stereocenters.